The summed E-state index contributed by atoms with van der Waals surface area (Å²) >= 11 is 0. The second-order valence-electron chi connectivity index (χ2n) is 7.20. The molecule has 2 unspecified atom stereocenters. The number of ether oxygens (including phenoxy) is 2. The van der Waals surface area contributed by atoms with Gasteiger partial charge in [-0.1, -0.05) is 30.3 Å². The summed E-state index contributed by atoms with van der Waals surface area (Å²) < 4.78 is 10.9. The van der Waals surface area contributed by atoms with Crippen molar-refractivity contribution in [2.75, 3.05) is 52.6 Å². The van der Waals surface area contributed by atoms with Crippen molar-refractivity contribution in [2.45, 2.75) is 32.0 Å². The van der Waals surface area contributed by atoms with Crippen LogP contribution in [-0.4, -0.2) is 80.4 Å². The van der Waals surface area contributed by atoms with Crippen molar-refractivity contribution < 1.29 is 14.3 Å². The summed E-state index contributed by atoms with van der Waals surface area (Å²) in [4.78, 5) is 17.5. The van der Waals surface area contributed by atoms with E-state index in [0.29, 0.717) is 19.6 Å². The summed E-state index contributed by atoms with van der Waals surface area (Å²) in [6.07, 6.45) is 0.486. The highest BCUT2D eigenvalue weighted by molar-refractivity contribution is 5.85. The molecule has 2 atom stereocenters. The standard InChI is InChI=1S/C20H31N3O3.2ClH/c1-17(14-22-8-11-25-12-9-22)23(15-18-5-3-2-4-6-18)20(24)13-19-16-26-10-7-21-19;;/h2-6,17,19,21H,7-16H2,1H3;2*1H. The lowest BCUT2D eigenvalue weighted by atomic mass is 10.1. The van der Waals surface area contributed by atoms with E-state index in [4.69, 9.17) is 9.47 Å². The normalized spacial score (nSPS) is 21.1. The fourth-order valence-electron chi connectivity index (χ4n) is 3.60. The molecule has 2 heterocycles. The Morgan fingerprint density at radius 2 is 1.89 bits per heavy atom. The Hall–Kier alpha value is -0.890. The third kappa shape index (κ3) is 7.85. The van der Waals surface area contributed by atoms with Crippen LogP contribution in [0.15, 0.2) is 30.3 Å². The lowest BCUT2D eigenvalue weighted by Gasteiger charge is -2.36. The molecule has 2 fully saturated rings. The van der Waals surface area contributed by atoms with Crippen molar-refractivity contribution in [3.8, 4) is 0 Å². The molecule has 2 aliphatic heterocycles. The van der Waals surface area contributed by atoms with Crippen molar-refractivity contribution in [1.29, 1.82) is 0 Å². The van der Waals surface area contributed by atoms with Gasteiger partial charge in [-0.25, -0.2) is 0 Å². The largest absolute Gasteiger partial charge is 0.379 e. The van der Waals surface area contributed by atoms with E-state index in [1.807, 2.05) is 23.1 Å². The fraction of sp³-hybridized carbons (Fsp3) is 0.650. The molecule has 6 nitrogen and oxygen atoms in total. The van der Waals surface area contributed by atoms with Gasteiger partial charge in [0.15, 0.2) is 0 Å². The van der Waals surface area contributed by atoms with Crippen LogP contribution >= 0.6 is 24.8 Å². The van der Waals surface area contributed by atoms with Gasteiger partial charge in [0.2, 0.25) is 5.91 Å². The number of morpholine rings is 2. The van der Waals surface area contributed by atoms with Crippen molar-refractivity contribution >= 4 is 30.7 Å². The van der Waals surface area contributed by atoms with E-state index in [-0.39, 0.29) is 42.8 Å². The number of benzene rings is 1. The van der Waals surface area contributed by atoms with E-state index in [1.165, 1.54) is 5.56 Å². The quantitative estimate of drug-likeness (QED) is 0.711. The van der Waals surface area contributed by atoms with E-state index < -0.39 is 0 Å². The number of hydrogen-bond donors (Lipinski definition) is 1. The molecule has 0 aliphatic carbocycles. The summed E-state index contributed by atoms with van der Waals surface area (Å²) in [5, 5.41) is 3.39. The summed E-state index contributed by atoms with van der Waals surface area (Å²) in [5.74, 6) is 0.192. The van der Waals surface area contributed by atoms with Gasteiger partial charge in [0.25, 0.3) is 0 Å². The summed E-state index contributed by atoms with van der Waals surface area (Å²) in [7, 11) is 0. The average Bonchev–Trinajstić information content (AvgIpc) is 2.68. The zero-order valence-corrected chi connectivity index (χ0v) is 18.2. The zero-order valence-electron chi connectivity index (χ0n) is 16.5. The van der Waals surface area contributed by atoms with Gasteiger partial charge in [0.1, 0.15) is 0 Å². The zero-order chi connectivity index (χ0) is 18.2. The van der Waals surface area contributed by atoms with Gasteiger partial charge in [-0.3, -0.25) is 9.69 Å². The SMILES string of the molecule is CC(CN1CCOCC1)N(Cc1ccccc1)C(=O)CC1COCCN1.Cl.Cl. The predicted molar refractivity (Wildman–Crippen MR) is 115 cm³/mol. The Bertz CT molecular complexity index is 553. The molecule has 0 saturated carbocycles. The van der Waals surface area contributed by atoms with E-state index >= 15 is 0 Å². The third-order valence-corrected chi connectivity index (χ3v) is 5.09. The molecule has 8 heteroatoms. The summed E-state index contributed by atoms with van der Waals surface area (Å²) in [5.41, 5.74) is 1.17. The first-order valence-electron chi connectivity index (χ1n) is 9.67. The molecule has 0 aromatic heterocycles. The maximum Gasteiger partial charge on any atom is 0.224 e. The molecular weight excluding hydrogens is 401 g/mol. The average molecular weight is 434 g/mol. The van der Waals surface area contributed by atoms with Gasteiger partial charge in [-0.2, -0.15) is 0 Å². The molecule has 1 amide bonds. The molecule has 0 spiro atoms. The molecule has 0 bridgehead atoms. The topological polar surface area (TPSA) is 54.0 Å². The predicted octanol–water partition coefficient (Wildman–Crippen LogP) is 1.96. The smallest absolute Gasteiger partial charge is 0.224 e. The minimum Gasteiger partial charge on any atom is -0.379 e. The number of amides is 1. The van der Waals surface area contributed by atoms with Crippen LogP contribution in [0.3, 0.4) is 0 Å². The fourth-order valence-corrected chi connectivity index (χ4v) is 3.60. The molecular formula is C20H33Cl2N3O3. The number of halogens is 2. The number of nitrogens with one attached hydrogen (secondary N) is 1. The third-order valence-electron chi connectivity index (χ3n) is 5.09. The maximum absolute atomic E-state index is 13.1. The molecule has 160 valence electrons. The molecule has 0 radical (unpaired) electrons. The van der Waals surface area contributed by atoms with Crippen molar-refractivity contribution in [3.05, 3.63) is 35.9 Å². The Morgan fingerprint density at radius 1 is 1.18 bits per heavy atom. The van der Waals surface area contributed by atoms with Crippen LogP contribution in [0, 0.1) is 0 Å². The van der Waals surface area contributed by atoms with Gasteiger partial charge < -0.3 is 19.7 Å². The molecule has 2 aliphatic rings. The second-order valence-corrected chi connectivity index (χ2v) is 7.20. The Morgan fingerprint density at radius 3 is 2.54 bits per heavy atom. The van der Waals surface area contributed by atoms with Crippen molar-refractivity contribution in [3.63, 3.8) is 0 Å². The Labute approximate surface area is 180 Å². The Balaban J connectivity index is 0.00000196. The van der Waals surface area contributed by atoms with Gasteiger partial charge in [0, 0.05) is 51.2 Å². The van der Waals surface area contributed by atoms with Gasteiger partial charge in [0.05, 0.1) is 26.4 Å². The van der Waals surface area contributed by atoms with E-state index in [1.54, 1.807) is 0 Å². The lowest BCUT2D eigenvalue weighted by molar-refractivity contribution is -0.135. The van der Waals surface area contributed by atoms with Crippen LogP contribution in [0.4, 0.5) is 0 Å². The van der Waals surface area contributed by atoms with Crippen LogP contribution in [0.25, 0.3) is 0 Å². The van der Waals surface area contributed by atoms with Gasteiger partial charge in [-0.15, -0.1) is 24.8 Å². The monoisotopic (exact) mass is 433 g/mol. The lowest BCUT2D eigenvalue weighted by Crippen LogP contribution is -2.50. The van der Waals surface area contributed by atoms with E-state index in [9.17, 15) is 4.79 Å². The number of rotatable bonds is 7. The molecule has 3 rings (SSSR count). The first-order valence-corrected chi connectivity index (χ1v) is 9.67. The first-order chi connectivity index (χ1) is 12.7. The molecule has 1 aromatic rings. The van der Waals surface area contributed by atoms with Crippen LogP contribution < -0.4 is 5.32 Å². The van der Waals surface area contributed by atoms with Crippen LogP contribution in [0.2, 0.25) is 0 Å². The molecule has 1 aromatic carbocycles. The first kappa shape index (κ1) is 25.1. The summed E-state index contributed by atoms with van der Waals surface area (Å²) in [6, 6.07) is 10.5. The van der Waals surface area contributed by atoms with E-state index in [0.717, 1.165) is 46.0 Å². The number of nitrogens with zero attached hydrogens (tertiary/aromatic N) is 2. The molecule has 1 N–H and O–H groups in total. The van der Waals surface area contributed by atoms with E-state index in [2.05, 4.69) is 29.3 Å². The number of carbonyl (C=O) groups excluding carboxylic acids is 1. The molecule has 2 saturated heterocycles. The number of hydrogen-bond acceptors (Lipinski definition) is 5. The highest BCUT2D eigenvalue weighted by Gasteiger charge is 2.26. The van der Waals surface area contributed by atoms with Crippen molar-refractivity contribution in [2.24, 2.45) is 0 Å². The highest BCUT2D eigenvalue weighted by Crippen LogP contribution is 2.14. The minimum atomic E-state index is 0. The summed E-state index contributed by atoms with van der Waals surface area (Å²) in [6.45, 7) is 9.29. The van der Waals surface area contributed by atoms with Crippen molar-refractivity contribution in [1.82, 2.24) is 15.1 Å². The van der Waals surface area contributed by atoms with Gasteiger partial charge >= 0.3 is 0 Å². The Kier molecular flexibility index (Phi) is 12.0. The molecule has 28 heavy (non-hydrogen) atoms. The van der Waals surface area contributed by atoms with Gasteiger partial charge in [-0.05, 0) is 12.5 Å². The maximum atomic E-state index is 13.1. The van der Waals surface area contributed by atoms with Crippen LogP contribution in [0.5, 0.6) is 0 Å². The second kappa shape index (κ2) is 13.4. The highest BCUT2D eigenvalue weighted by atomic mass is 35.5. The number of carbonyl (C=O) groups is 1. The van der Waals surface area contributed by atoms with Crippen LogP contribution in [0.1, 0.15) is 18.9 Å². The van der Waals surface area contributed by atoms with Crippen LogP contribution in [-0.2, 0) is 20.8 Å². The minimum absolute atomic E-state index is 0.